The third-order valence-electron chi connectivity index (χ3n) is 4.00. The molecule has 4 N–H and O–H groups in total. The summed E-state index contributed by atoms with van der Waals surface area (Å²) in [6.07, 6.45) is 7.20. The van der Waals surface area contributed by atoms with E-state index in [0.717, 1.165) is 12.8 Å². The van der Waals surface area contributed by atoms with Gasteiger partial charge in [-0.2, -0.15) is 0 Å². The van der Waals surface area contributed by atoms with Crippen molar-refractivity contribution in [1.29, 1.82) is 0 Å². The van der Waals surface area contributed by atoms with E-state index >= 15 is 0 Å². The van der Waals surface area contributed by atoms with Crippen LogP contribution in [-0.4, -0.2) is 33.5 Å². The predicted octanol–water partition coefficient (Wildman–Crippen LogP) is 2.86. The molecule has 6 nitrogen and oxygen atoms in total. The Morgan fingerprint density at radius 1 is 1.24 bits per heavy atom. The Balaban J connectivity index is 0.00000312. The Morgan fingerprint density at radius 3 is 2.56 bits per heavy atom. The van der Waals surface area contributed by atoms with Crippen LogP contribution in [0.5, 0.6) is 0 Å². The fourth-order valence-electron chi connectivity index (χ4n) is 2.75. The van der Waals surface area contributed by atoms with Crippen LogP contribution < -0.4 is 15.8 Å². The first kappa shape index (κ1) is 22.5. The fraction of sp³-hybridized carbons (Fsp3) is 0.562. The van der Waals surface area contributed by atoms with Crippen molar-refractivity contribution in [3.8, 4) is 0 Å². The first-order valence-corrected chi connectivity index (χ1v) is 10.2. The number of sulfonamides is 1. The highest BCUT2D eigenvalue weighted by atomic mass is 127. The minimum absolute atomic E-state index is 0. The average Bonchev–Trinajstić information content (AvgIpc) is 2.80. The molecule has 25 heavy (non-hydrogen) atoms. The van der Waals surface area contributed by atoms with Gasteiger partial charge in [0.25, 0.3) is 0 Å². The topological polar surface area (TPSA) is 96.6 Å². The van der Waals surface area contributed by atoms with Gasteiger partial charge in [-0.15, -0.1) is 24.0 Å². The molecule has 0 heterocycles. The van der Waals surface area contributed by atoms with E-state index in [1.807, 2.05) is 0 Å². The van der Waals surface area contributed by atoms with Crippen molar-refractivity contribution >= 4 is 51.6 Å². The van der Waals surface area contributed by atoms with Crippen LogP contribution in [0.25, 0.3) is 0 Å². The van der Waals surface area contributed by atoms with Gasteiger partial charge in [-0.05, 0) is 31.0 Å². The number of benzene rings is 1. The van der Waals surface area contributed by atoms with Gasteiger partial charge in [-0.1, -0.05) is 43.4 Å². The lowest BCUT2D eigenvalue weighted by molar-refractivity contribution is 0.530. The number of hydrogen-bond acceptors (Lipinski definition) is 3. The third kappa shape index (κ3) is 8.10. The molecule has 0 bridgehead atoms. The number of guanidine groups is 1. The monoisotopic (exact) mass is 500 g/mol. The molecule has 2 rings (SSSR count). The van der Waals surface area contributed by atoms with E-state index < -0.39 is 10.0 Å². The zero-order valence-electron chi connectivity index (χ0n) is 14.1. The molecule has 1 aromatic carbocycles. The van der Waals surface area contributed by atoms with Crippen LogP contribution in [0.4, 0.5) is 0 Å². The van der Waals surface area contributed by atoms with E-state index in [4.69, 9.17) is 17.3 Å². The van der Waals surface area contributed by atoms with E-state index in [0.29, 0.717) is 17.0 Å². The van der Waals surface area contributed by atoms with Crippen LogP contribution >= 0.6 is 35.6 Å². The Kier molecular flexibility index (Phi) is 10.1. The first-order valence-electron chi connectivity index (χ1n) is 8.29. The predicted molar refractivity (Wildman–Crippen MR) is 113 cm³/mol. The molecule has 1 aromatic rings. The van der Waals surface area contributed by atoms with Crippen molar-refractivity contribution in [1.82, 2.24) is 10.0 Å². The summed E-state index contributed by atoms with van der Waals surface area (Å²) in [5, 5.41) is 3.61. The van der Waals surface area contributed by atoms with Gasteiger partial charge in [0.15, 0.2) is 5.96 Å². The largest absolute Gasteiger partial charge is 0.370 e. The Labute approximate surface area is 172 Å². The van der Waals surface area contributed by atoms with Crippen LogP contribution in [0.3, 0.4) is 0 Å². The molecule has 0 amide bonds. The number of halogens is 2. The van der Waals surface area contributed by atoms with Crippen molar-refractivity contribution in [3.05, 3.63) is 29.3 Å². The highest BCUT2D eigenvalue weighted by molar-refractivity contribution is 14.0. The van der Waals surface area contributed by atoms with Crippen molar-refractivity contribution in [2.45, 2.75) is 49.5 Å². The molecular formula is C16H26ClIN4O2S. The van der Waals surface area contributed by atoms with Crippen LogP contribution in [0.1, 0.15) is 38.5 Å². The van der Waals surface area contributed by atoms with Crippen LogP contribution in [0, 0.1) is 0 Å². The summed E-state index contributed by atoms with van der Waals surface area (Å²) in [5.74, 6) is 0.379. The van der Waals surface area contributed by atoms with Gasteiger partial charge in [0.2, 0.25) is 10.0 Å². The van der Waals surface area contributed by atoms with Gasteiger partial charge in [0, 0.05) is 17.6 Å². The van der Waals surface area contributed by atoms with Crippen molar-refractivity contribution < 1.29 is 8.42 Å². The maximum Gasteiger partial charge on any atom is 0.240 e. The third-order valence-corrected chi connectivity index (χ3v) is 5.69. The molecule has 0 atom stereocenters. The second kappa shape index (κ2) is 11.2. The molecule has 0 aromatic heterocycles. The zero-order chi connectivity index (χ0) is 17.4. The molecule has 1 saturated carbocycles. The fourth-order valence-corrected chi connectivity index (χ4v) is 4.07. The van der Waals surface area contributed by atoms with E-state index in [9.17, 15) is 8.42 Å². The molecular weight excluding hydrogens is 475 g/mol. The molecule has 0 aliphatic heterocycles. The molecule has 0 saturated heterocycles. The Hall–Kier alpha value is -0.580. The highest BCUT2D eigenvalue weighted by Gasteiger charge is 2.14. The summed E-state index contributed by atoms with van der Waals surface area (Å²) in [7, 11) is -3.58. The molecule has 1 aliphatic carbocycles. The van der Waals surface area contributed by atoms with Gasteiger partial charge in [-0.25, -0.2) is 13.1 Å². The minimum Gasteiger partial charge on any atom is -0.370 e. The maximum absolute atomic E-state index is 12.1. The van der Waals surface area contributed by atoms with E-state index in [1.165, 1.54) is 37.8 Å². The summed E-state index contributed by atoms with van der Waals surface area (Å²) in [5.41, 5.74) is 5.88. The number of nitrogens with zero attached hydrogens (tertiary/aromatic N) is 1. The number of nitrogens with one attached hydrogen (secondary N) is 2. The summed E-state index contributed by atoms with van der Waals surface area (Å²) in [4.78, 5) is 4.34. The van der Waals surface area contributed by atoms with E-state index in [1.54, 1.807) is 12.1 Å². The quantitative estimate of drug-likeness (QED) is 0.184. The van der Waals surface area contributed by atoms with E-state index in [2.05, 4.69) is 15.0 Å². The van der Waals surface area contributed by atoms with E-state index in [-0.39, 0.29) is 42.0 Å². The Morgan fingerprint density at radius 2 is 1.92 bits per heavy atom. The summed E-state index contributed by atoms with van der Waals surface area (Å²) < 4.78 is 26.7. The molecule has 0 spiro atoms. The summed E-state index contributed by atoms with van der Waals surface area (Å²) in [6.45, 7) is 0.466. The van der Waals surface area contributed by atoms with Gasteiger partial charge >= 0.3 is 0 Å². The second-order valence-corrected chi connectivity index (χ2v) is 8.16. The molecule has 0 unspecified atom stereocenters. The summed E-state index contributed by atoms with van der Waals surface area (Å²) in [6, 6.07) is 6.52. The van der Waals surface area contributed by atoms with Crippen molar-refractivity contribution in [3.63, 3.8) is 0 Å². The lowest BCUT2D eigenvalue weighted by Crippen LogP contribution is -2.40. The first-order chi connectivity index (χ1) is 11.5. The molecule has 1 fully saturated rings. The highest BCUT2D eigenvalue weighted by Crippen LogP contribution is 2.17. The normalized spacial score (nSPS) is 16.8. The van der Waals surface area contributed by atoms with Crippen LogP contribution in [0.15, 0.2) is 34.2 Å². The zero-order valence-corrected chi connectivity index (χ0v) is 18.0. The average molecular weight is 501 g/mol. The van der Waals surface area contributed by atoms with Gasteiger partial charge in [0.1, 0.15) is 0 Å². The molecule has 9 heteroatoms. The second-order valence-electron chi connectivity index (χ2n) is 5.95. The SMILES string of the molecule is I.NC(=NCCNS(=O)(=O)c1cccc(Cl)c1)NC1CCCCCC1. The minimum atomic E-state index is -3.58. The smallest absolute Gasteiger partial charge is 0.240 e. The molecule has 142 valence electrons. The van der Waals surface area contributed by atoms with Gasteiger partial charge < -0.3 is 11.1 Å². The van der Waals surface area contributed by atoms with Crippen molar-refractivity contribution in [2.75, 3.05) is 13.1 Å². The maximum atomic E-state index is 12.1. The lowest BCUT2D eigenvalue weighted by atomic mass is 10.1. The summed E-state index contributed by atoms with van der Waals surface area (Å²) >= 11 is 5.82. The van der Waals surface area contributed by atoms with Crippen LogP contribution in [0.2, 0.25) is 5.02 Å². The number of aliphatic imine (C=N–C) groups is 1. The van der Waals surface area contributed by atoms with Gasteiger partial charge in [0.05, 0.1) is 11.4 Å². The number of rotatable bonds is 6. The molecule has 0 radical (unpaired) electrons. The van der Waals surface area contributed by atoms with Crippen molar-refractivity contribution in [2.24, 2.45) is 10.7 Å². The molecule has 1 aliphatic rings. The standard InChI is InChI=1S/C16H25ClN4O2S.HI/c17-13-6-5-9-15(12-13)24(22,23)20-11-10-19-16(18)21-14-7-3-1-2-4-8-14;/h5-6,9,12,14,20H,1-4,7-8,10-11H2,(H3,18,19,21);1H. The van der Waals surface area contributed by atoms with Gasteiger partial charge in [-0.3, -0.25) is 4.99 Å². The number of hydrogen-bond donors (Lipinski definition) is 3. The Bertz CT molecular complexity index is 662. The lowest BCUT2D eigenvalue weighted by Gasteiger charge is -2.16. The van der Waals surface area contributed by atoms with Crippen LogP contribution in [-0.2, 0) is 10.0 Å². The number of nitrogens with two attached hydrogens (primary N) is 1.